The van der Waals surface area contributed by atoms with Crippen LogP contribution in [-0.4, -0.2) is 49.6 Å². The number of nitrogens with zero attached hydrogens (tertiary/aromatic N) is 1. The first kappa shape index (κ1) is 16.6. The van der Waals surface area contributed by atoms with E-state index in [1.807, 2.05) is 11.8 Å². The average molecular weight is 298 g/mol. The second-order valence-corrected chi connectivity index (χ2v) is 6.77. The van der Waals surface area contributed by atoms with Gasteiger partial charge in [0.2, 0.25) is 0 Å². The van der Waals surface area contributed by atoms with Crippen LogP contribution in [0.25, 0.3) is 0 Å². The molecule has 0 aromatic rings. The van der Waals surface area contributed by atoms with Crippen molar-refractivity contribution in [2.45, 2.75) is 52.2 Å². The Balaban J connectivity index is 1.76. The van der Waals surface area contributed by atoms with Crippen LogP contribution in [0.5, 0.6) is 0 Å². The molecule has 5 heteroatoms. The fourth-order valence-corrected chi connectivity index (χ4v) is 3.17. The van der Waals surface area contributed by atoms with Gasteiger partial charge >= 0.3 is 6.03 Å². The van der Waals surface area contributed by atoms with E-state index in [2.05, 4.69) is 19.2 Å². The SMILES string of the molecule is CC(C)CCCNC(=O)N1CCCC(C2(C)OCCO2)C1. The largest absolute Gasteiger partial charge is 0.347 e. The molecule has 0 spiro atoms. The number of hydrogen-bond donors (Lipinski definition) is 1. The van der Waals surface area contributed by atoms with Gasteiger partial charge in [0.15, 0.2) is 5.79 Å². The molecule has 1 atom stereocenters. The van der Waals surface area contributed by atoms with Crippen LogP contribution >= 0.6 is 0 Å². The Bertz CT molecular complexity index is 340. The van der Waals surface area contributed by atoms with E-state index in [0.717, 1.165) is 45.3 Å². The van der Waals surface area contributed by atoms with Gasteiger partial charge < -0.3 is 19.7 Å². The van der Waals surface area contributed by atoms with Crippen molar-refractivity contribution in [3.63, 3.8) is 0 Å². The quantitative estimate of drug-likeness (QED) is 0.794. The number of amides is 2. The van der Waals surface area contributed by atoms with E-state index < -0.39 is 5.79 Å². The minimum absolute atomic E-state index is 0.0602. The number of ether oxygens (including phenoxy) is 2. The van der Waals surface area contributed by atoms with Gasteiger partial charge in [0.1, 0.15) is 0 Å². The Morgan fingerprint density at radius 2 is 2.10 bits per heavy atom. The third-order valence-electron chi connectivity index (χ3n) is 4.55. The monoisotopic (exact) mass is 298 g/mol. The minimum atomic E-state index is -0.503. The van der Waals surface area contributed by atoms with Crippen LogP contribution in [0.15, 0.2) is 0 Å². The molecule has 2 aliphatic rings. The topological polar surface area (TPSA) is 50.8 Å². The molecule has 2 fully saturated rings. The zero-order valence-electron chi connectivity index (χ0n) is 13.7. The molecule has 0 bridgehead atoms. The minimum Gasteiger partial charge on any atom is -0.347 e. The molecular weight excluding hydrogens is 268 g/mol. The Labute approximate surface area is 128 Å². The molecule has 0 aromatic heterocycles. The number of piperidine rings is 1. The number of nitrogens with one attached hydrogen (secondary N) is 1. The highest BCUT2D eigenvalue weighted by molar-refractivity contribution is 5.74. The second-order valence-electron chi connectivity index (χ2n) is 6.77. The predicted molar refractivity (Wildman–Crippen MR) is 82.1 cm³/mol. The molecule has 0 aromatic carbocycles. The van der Waals surface area contributed by atoms with E-state index in [9.17, 15) is 4.79 Å². The summed E-state index contributed by atoms with van der Waals surface area (Å²) in [5.41, 5.74) is 0. The van der Waals surface area contributed by atoms with E-state index >= 15 is 0 Å². The summed E-state index contributed by atoms with van der Waals surface area (Å²) < 4.78 is 11.5. The van der Waals surface area contributed by atoms with Crippen LogP contribution in [0.2, 0.25) is 0 Å². The van der Waals surface area contributed by atoms with Crippen LogP contribution < -0.4 is 5.32 Å². The van der Waals surface area contributed by atoms with Gasteiger partial charge in [0, 0.05) is 25.6 Å². The van der Waals surface area contributed by atoms with Gasteiger partial charge in [-0.25, -0.2) is 4.79 Å². The van der Waals surface area contributed by atoms with Crippen molar-refractivity contribution < 1.29 is 14.3 Å². The molecule has 0 radical (unpaired) electrons. The van der Waals surface area contributed by atoms with E-state index in [1.165, 1.54) is 0 Å². The summed E-state index contributed by atoms with van der Waals surface area (Å²) in [5, 5.41) is 3.04. The van der Waals surface area contributed by atoms with Crippen LogP contribution in [0.4, 0.5) is 4.79 Å². The van der Waals surface area contributed by atoms with Gasteiger partial charge in [-0.2, -0.15) is 0 Å². The van der Waals surface area contributed by atoms with E-state index in [0.29, 0.717) is 19.1 Å². The number of likely N-dealkylation sites (tertiary alicyclic amines) is 1. The highest BCUT2D eigenvalue weighted by Crippen LogP contribution is 2.33. The average Bonchev–Trinajstić information content (AvgIpc) is 2.91. The highest BCUT2D eigenvalue weighted by Gasteiger charge is 2.42. The smallest absolute Gasteiger partial charge is 0.317 e. The summed E-state index contributed by atoms with van der Waals surface area (Å²) in [7, 11) is 0. The molecule has 2 amide bonds. The number of hydrogen-bond acceptors (Lipinski definition) is 3. The van der Waals surface area contributed by atoms with E-state index in [-0.39, 0.29) is 11.9 Å². The van der Waals surface area contributed by atoms with Gasteiger partial charge in [0.05, 0.1) is 13.2 Å². The lowest BCUT2D eigenvalue weighted by Crippen LogP contribution is -2.51. The Kier molecular flexibility index (Phi) is 5.88. The Morgan fingerprint density at radius 3 is 2.76 bits per heavy atom. The maximum atomic E-state index is 12.2. The molecule has 122 valence electrons. The summed E-state index contributed by atoms with van der Waals surface area (Å²) in [6, 6.07) is 0.0602. The number of rotatable bonds is 5. The van der Waals surface area contributed by atoms with Crippen molar-refractivity contribution in [1.82, 2.24) is 10.2 Å². The first-order chi connectivity index (χ1) is 10.0. The summed E-state index contributed by atoms with van der Waals surface area (Å²) >= 11 is 0. The normalized spacial score (nSPS) is 25.3. The van der Waals surface area contributed by atoms with Crippen molar-refractivity contribution in [2.24, 2.45) is 11.8 Å². The molecule has 2 heterocycles. The molecule has 2 aliphatic heterocycles. The first-order valence-corrected chi connectivity index (χ1v) is 8.32. The zero-order valence-corrected chi connectivity index (χ0v) is 13.7. The predicted octanol–water partition coefficient (Wildman–Crippen LogP) is 2.61. The van der Waals surface area contributed by atoms with Gasteiger partial charge in [-0.05, 0) is 38.5 Å². The first-order valence-electron chi connectivity index (χ1n) is 8.32. The van der Waals surface area contributed by atoms with Gasteiger partial charge in [-0.3, -0.25) is 0 Å². The zero-order chi connectivity index (χ0) is 15.3. The molecule has 2 saturated heterocycles. The lowest BCUT2D eigenvalue weighted by atomic mass is 9.90. The maximum absolute atomic E-state index is 12.2. The van der Waals surface area contributed by atoms with E-state index in [1.54, 1.807) is 0 Å². The van der Waals surface area contributed by atoms with Crippen molar-refractivity contribution in [3.05, 3.63) is 0 Å². The van der Waals surface area contributed by atoms with Gasteiger partial charge in [-0.15, -0.1) is 0 Å². The maximum Gasteiger partial charge on any atom is 0.317 e. The number of urea groups is 1. The van der Waals surface area contributed by atoms with Crippen LogP contribution in [-0.2, 0) is 9.47 Å². The summed E-state index contributed by atoms with van der Waals surface area (Å²) in [6.45, 7) is 10.1. The molecule has 0 aliphatic carbocycles. The second kappa shape index (κ2) is 7.45. The van der Waals surface area contributed by atoms with Crippen molar-refractivity contribution in [3.8, 4) is 0 Å². The van der Waals surface area contributed by atoms with Crippen LogP contribution in [0, 0.1) is 11.8 Å². The van der Waals surface area contributed by atoms with Crippen LogP contribution in [0.3, 0.4) is 0 Å². The molecule has 0 saturated carbocycles. The van der Waals surface area contributed by atoms with Crippen LogP contribution in [0.1, 0.15) is 46.5 Å². The molecule has 5 nitrogen and oxygen atoms in total. The summed E-state index contributed by atoms with van der Waals surface area (Å²) in [4.78, 5) is 14.2. The number of carbonyl (C=O) groups excluding carboxylic acids is 1. The third kappa shape index (κ3) is 4.58. The fourth-order valence-electron chi connectivity index (χ4n) is 3.17. The van der Waals surface area contributed by atoms with Crippen molar-refractivity contribution in [2.75, 3.05) is 32.8 Å². The van der Waals surface area contributed by atoms with Gasteiger partial charge in [-0.1, -0.05) is 13.8 Å². The number of carbonyl (C=O) groups is 1. The fraction of sp³-hybridized carbons (Fsp3) is 0.938. The Hall–Kier alpha value is -0.810. The standard InChI is InChI=1S/C16H30N2O3/c1-13(2)6-4-8-17-15(19)18-9-5-7-14(12-18)16(3)20-10-11-21-16/h13-14H,4-12H2,1-3H3,(H,17,19). The molecule has 1 unspecified atom stereocenters. The van der Waals surface area contributed by atoms with E-state index in [4.69, 9.17) is 9.47 Å². The Morgan fingerprint density at radius 1 is 1.38 bits per heavy atom. The van der Waals surface area contributed by atoms with Gasteiger partial charge in [0.25, 0.3) is 0 Å². The third-order valence-corrected chi connectivity index (χ3v) is 4.55. The molecule has 1 N–H and O–H groups in total. The lowest BCUT2D eigenvalue weighted by Gasteiger charge is -2.39. The lowest BCUT2D eigenvalue weighted by molar-refractivity contribution is -0.189. The highest BCUT2D eigenvalue weighted by atomic mass is 16.7. The molecule has 21 heavy (non-hydrogen) atoms. The molecule has 2 rings (SSSR count). The molecular formula is C16H30N2O3. The summed E-state index contributed by atoms with van der Waals surface area (Å²) in [5.74, 6) is 0.462. The van der Waals surface area contributed by atoms with Crippen molar-refractivity contribution in [1.29, 1.82) is 0 Å². The summed E-state index contributed by atoms with van der Waals surface area (Å²) in [6.07, 6.45) is 4.29. The van der Waals surface area contributed by atoms with Crippen molar-refractivity contribution >= 4 is 6.03 Å².